The maximum absolute atomic E-state index is 12.1. The van der Waals surface area contributed by atoms with Crippen LogP contribution < -0.4 is 5.73 Å². The minimum absolute atomic E-state index is 0.0506. The van der Waals surface area contributed by atoms with Crippen LogP contribution in [0.1, 0.15) is 32.1 Å². The standard InChI is InChI=1S/C11H16N2O3/c12-6-2-1-3-7(6)13-10(14)8-4-5-9(16-8)11(13)15/h6-9H,1-5,12H2. The molecule has 2 N–H and O–H groups in total. The zero-order valence-corrected chi connectivity index (χ0v) is 9.09. The first-order chi connectivity index (χ1) is 7.68. The van der Waals surface area contributed by atoms with E-state index < -0.39 is 12.2 Å². The van der Waals surface area contributed by atoms with Gasteiger partial charge in [0.2, 0.25) is 0 Å². The number of imide groups is 1. The zero-order valence-electron chi connectivity index (χ0n) is 9.09. The maximum atomic E-state index is 12.1. The van der Waals surface area contributed by atoms with Crippen LogP contribution in [0.5, 0.6) is 0 Å². The third-order valence-corrected chi connectivity index (χ3v) is 3.91. The van der Waals surface area contributed by atoms with Crippen molar-refractivity contribution in [2.24, 2.45) is 5.73 Å². The summed E-state index contributed by atoms with van der Waals surface area (Å²) in [6, 6.07) is -0.141. The Kier molecular flexibility index (Phi) is 2.26. The molecule has 4 atom stereocenters. The van der Waals surface area contributed by atoms with Crippen molar-refractivity contribution in [2.45, 2.75) is 56.4 Å². The van der Waals surface area contributed by atoms with Gasteiger partial charge in [-0.2, -0.15) is 0 Å². The average molecular weight is 224 g/mol. The van der Waals surface area contributed by atoms with E-state index in [0.29, 0.717) is 12.8 Å². The highest BCUT2D eigenvalue weighted by Gasteiger charge is 2.50. The highest BCUT2D eigenvalue weighted by atomic mass is 16.5. The Bertz CT molecular complexity index is 322. The Morgan fingerprint density at radius 2 is 1.69 bits per heavy atom. The van der Waals surface area contributed by atoms with Crippen LogP contribution in [-0.2, 0) is 14.3 Å². The number of hydrogen-bond donors (Lipinski definition) is 1. The summed E-state index contributed by atoms with van der Waals surface area (Å²) in [4.78, 5) is 25.5. The van der Waals surface area contributed by atoms with Gasteiger partial charge in [-0.05, 0) is 32.1 Å². The lowest BCUT2D eigenvalue weighted by Gasteiger charge is -2.35. The van der Waals surface area contributed by atoms with Crippen LogP contribution in [0.15, 0.2) is 0 Å². The van der Waals surface area contributed by atoms with Gasteiger partial charge in [-0.25, -0.2) is 0 Å². The van der Waals surface area contributed by atoms with Gasteiger partial charge in [0.1, 0.15) is 12.2 Å². The summed E-state index contributed by atoms with van der Waals surface area (Å²) in [6.45, 7) is 0. The lowest BCUT2D eigenvalue weighted by molar-refractivity contribution is -0.171. The van der Waals surface area contributed by atoms with Gasteiger partial charge < -0.3 is 10.5 Å². The smallest absolute Gasteiger partial charge is 0.258 e. The van der Waals surface area contributed by atoms with Crippen molar-refractivity contribution in [1.82, 2.24) is 4.90 Å². The van der Waals surface area contributed by atoms with Gasteiger partial charge in [0.15, 0.2) is 0 Å². The van der Waals surface area contributed by atoms with Gasteiger partial charge in [-0.3, -0.25) is 14.5 Å². The zero-order chi connectivity index (χ0) is 11.3. The number of likely N-dealkylation sites (tertiary alicyclic amines) is 1. The molecular formula is C11H16N2O3. The predicted molar refractivity (Wildman–Crippen MR) is 55.4 cm³/mol. The first kappa shape index (κ1) is 10.2. The van der Waals surface area contributed by atoms with Crippen LogP contribution >= 0.6 is 0 Å². The van der Waals surface area contributed by atoms with Gasteiger partial charge in [-0.1, -0.05) is 0 Å². The second kappa shape index (κ2) is 3.53. The van der Waals surface area contributed by atoms with Crippen molar-refractivity contribution in [2.75, 3.05) is 0 Å². The molecule has 2 heterocycles. The van der Waals surface area contributed by atoms with E-state index in [4.69, 9.17) is 10.5 Å². The topological polar surface area (TPSA) is 72.6 Å². The fraction of sp³-hybridized carbons (Fsp3) is 0.818. The number of carbonyl (C=O) groups is 2. The number of ether oxygens (including phenoxy) is 1. The number of hydrogen-bond acceptors (Lipinski definition) is 4. The van der Waals surface area contributed by atoms with E-state index in [1.165, 1.54) is 4.90 Å². The van der Waals surface area contributed by atoms with Gasteiger partial charge in [0, 0.05) is 6.04 Å². The maximum Gasteiger partial charge on any atom is 0.258 e. The molecule has 5 nitrogen and oxygen atoms in total. The molecular weight excluding hydrogens is 208 g/mol. The summed E-state index contributed by atoms with van der Waals surface area (Å²) in [5.41, 5.74) is 5.96. The van der Waals surface area contributed by atoms with E-state index in [0.717, 1.165) is 19.3 Å². The molecule has 0 aromatic carbocycles. The summed E-state index contributed by atoms with van der Waals surface area (Å²) >= 11 is 0. The number of nitrogens with two attached hydrogens (primary N) is 1. The molecule has 0 radical (unpaired) electrons. The highest BCUT2D eigenvalue weighted by molar-refractivity contribution is 6.02. The summed E-state index contributed by atoms with van der Waals surface area (Å²) in [5.74, 6) is -0.331. The van der Waals surface area contributed by atoms with E-state index in [1.54, 1.807) is 0 Å². The summed E-state index contributed by atoms with van der Waals surface area (Å²) in [6.07, 6.45) is 3.31. The Balaban J connectivity index is 1.88. The number of amides is 2. The van der Waals surface area contributed by atoms with E-state index in [9.17, 15) is 9.59 Å². The minimum Gasteiger partial charge on any atom is -0.355 e. The molecule has 3 aliphatic rings. The molecule has 0 aromatic rings. The van der Waals surface area contributed by atoms with Crippen LogP contribution in [0, 0.1) is 0 Å². The van der Waals surface area contributed by atoms with E-state index in [1.807, 2.05) is 0 Å². The van der Waals surface area contributed by atoms with Gasteiger partial charge in [0.25, 0.3) is 11.8 Å². The second-order valence-corrected chi connectivity index (χ2v) is 4.90. The summed E-state index contributed by atoms with van der Waals surface area (Å²) < 4.78 is 5.37. The molecule has 3 rings (SSSR count). The Morgan fingerprint density at radius 1 is 1.06 bits per heavy atom. The fourth-order valence-corrected chi connectivity index (χ4v) is 3.04. The molecule has 3 fully saturated rings. The molecule has 2 amide bonds. The van der Waals surface area contributed by atoms with E-state index >= 15 is 0 Å². The Hall–Kier alpha value is -0.940. The van der Waals surface area contributed by atoms with E-state index in [-0.39, 0.29) is 23.9 Å². The fourth-order valence-electron chi connectivity index (χ4n) is 3.04. The minimum atomic E-state index is -0.393. The van der Waals surface area contributed by atoms with Gasteiger partial charge >= 0.3 is 0 Å². The predicted octanol–water partition coefficient (Wildman–Crippen LogP) is -0.217. The van der Waals surface area contributed by atoms with Gasteiger partial charge in [-0.15, -0.1) is 0 Å². The highest BCUT2D eigenvalue weighted by Crippen LogP contribution is 2.33. The molecule has 0 aromatic heterocycles. The molecule has 16 heavy (non-hydrogen) atoms. The molecule has 5 heteroatoms. The van der Waals surface area contributed by atoms with Crippen molar-refractivity contribution >= 4 is 11.8 Å². The summed E-state index contributed by atoms with van der Waals surface area (Å²) in [7, 11) is 0. The van der Waals surface area contributed by atoms with Gasteiger partial charge in [0.05, 0.1) is 6.04 Å². The van der Waals surface area contributed by atoms with Crippen molar-refractivity contribution in [3.05, 3.63) is 0 Å². The van der Waals surface area contributed by atoms with Crippen LogP contribution in [0.4, 0.5) is 0 Å². The SMILES string of the molecule is NC1CCCC1N1C(=O)C2CCC(O2)C1=O. The Morgan fingerprint density at radius 3 is 2.19 bits per heavy atom. The number of carbonyl (C=O) groups excluding carboxylic acids is 2. The number of fused-ring (bicyclic) bond motifs is 2. The Labute approximate surface area is 93.9 Å². The normalized spacial score (nSPS) is 43.2. The lowest BCUT2D eigenvalue weighted by atomic mass is 10.1. The number of rotatable bonds is 1. The third kappa shape index (κ3) is 1.31. The van der Waals surface area contributed by atoms with Crippen LogP contribution in [0.3, 0.4) is 0 Å². The summed E-state index contributed by atoms with van der Waals surface area (Å²) in [5, 5.41) is 0. The monoisotopic (exact) mass is 224 g/mol. The molecule has 2 aliphatic heterocycles. The van der Waals surface area contributed by atoms with E-state index in [2.05, 4.69) is 0 Å². The van der Waals surface area contributed by atoms with Crippen LogP contribution in [0.2, 0.25) is 0 Å². The molecule has 2 bridgehead atoms. The molecule has 88 valence electrons. The molecule has 2 saturated heterocycles. The first-order valence-electron chi connectivity index (χ1n) is 5.96. The van der Waals surface area contributed by atoms with Crippen molar-refractivity contribution < 1.29 is 14.3 Å². The molecule has 0 spiro atoms. The van der Waals surface area contributed by atoms with Crippen molar-refractivity contribution in [3.8, 4) is 0 Å². The van der Waals surface area contributed by atoms with Crippen LogP contribution in [0.25, 0.3) is 0 Å². The average Bonchev–Trinajstić information content (AvgIpc) is 2.85. The van der Waals surface area contributed by atoms with Crippen LogP contribution in [-0.4, -0.2) is 41.0 Å². The molecule has 1 saturated carbocycles. The van der Waals surface area contributed by atoms with Crippen molar-refractivity contribution in [1.29, 1.82) is 0 Å². The molecule has 4 unspecified atom stereocenters. The third-order valence-electron chi connectivity index (χ3n) is 3.91. The quantitative estimate of drug-likeness (QED) is 0.625. The second-order valence-electron chi connectivity index (χ2n) is 4.90. The largest absolute Gasteiger partial charge is 0.355 e. The number of nitrogens with zero attached hydrogens (tertiary/aromatic N) is 1. The van der Waals surface area contributed by atoms with Crippen molar-refractivity contribution in [3.63, 3.8) is 0 Å². The lowest BCUT2D eigenvalue weighted by Crippen LogP contribution is -2.58. The molecule has 1 aliphatic carbocycles. The number of morpholine rings is 1. The first-order valence-corrected chi connectivity index (χ1v) is 5.96.